The highest BCUT2D eigenvalue weighted by molar-refractivity contribution is 9.10. The molecular weight excluding hydrogens is 325 g/mol. The van der Waals surface area contributed by atoms with Gasteiger partial charge in [-0.1, -0.05) is 15.9 Å². The minimum atomic E-state index is -3.99. The fourth-order valence-electron chi connectivity index (χ4n) is 1.26. The molecule has 1 aromatic heterocycles. The van der Waals surface area contributed by atoms with Gasteiger partial charge in [-0.2, -0.15) is 0 Å². The zero-order chi connectivity index (χ0) is 13.2. The fraction of sp³-hybridized carbons (Fsp3) is 0. The molecule has 0 unspecified atom stereocenters. The van der Waals surface area contributed by atoms with Gasteiger partial charge < -0.3 is 0 Å². The molecule has 0 spiro atoms. The lowest BCUT2D eigenvalue weighted by molar-refractivity contribution is 0.570. The molecule has 5 nitrogen and oxygen atoms in total. The third-order valence-electron chi connectivity index (χ3n) is 2.00. The van der Waals surface area contributed by atoms with Crippen molar-refractivity contribution in [2.75, 3.05) is 4.72 Å². The molecule has 8 heteroatoms. The van der Waals surface area contributed by atoms with E-state index in [1.54, 1.807) is 0 Å². The second-order valence-electron chi connectivity index (χ2n) is 3.31. The number of benzene rings is 1. The summed E-state index contributed by atoms with van der Waals surface area (Å²) in [5, 5.41) is 0. The van der Waals surface area contributed by atoms with Crippen LogP contribution in [0.1, 0.15) is 0 Å². The second kappa shape index (κ2) is 4.99. The third-order valence-corrected chi connectivity index (χ3v) is 3.90. The highest BCUT2D eigenvalue weighted by Gasteiger charge is 2.19. The Morgan fingerprint density at radius 3 is 2.50 bits per heavy atom. The lowest BCUT2D eigenvalue weighted by Crippen LogP contribution is -2.14. The number of nitrogens with zero attached hydrogens (tertiary/aromatic N) is 2. The zero-order valence-corrected chi connectivity index (χ0v) is 11.2. The van der Waals surface area contributed by atoms with Crippen molar-refractivity contribution < 1.29 is 12.8 Å². The monoisotopic (exact) mass is 331 g/mol. The minimum Gasteiger partial charge on any atom is -0.276 e. The maximum Gasteiger partial charge on any atom is 0.264 e. The summed E-state index contributed by atoms with van der Waals surface area (Å²) in [6.07, 6.45) is 3.82. The SMILES string of the molecule is O=S(=O)(Nc1cncnc1)c1ccc(Br)cc1F. The van der Waals surface area contributed by atoms with Crippen molar-refractivity contribution >= 4 is 31.6 Å². The molecule has 1 heterocycles. The van der Waals surface area contributed by atoms with Crippen LogP contribution in [0.3, 0.4) is 0 Å². The van der Waals surface area contributed by atoms with E-state index in [0.717, 1.165) is 6.07 Å². The van der Waals surface area contributed by atoms with Gasteiger partial charge in [-0.3, -0.25) is 4.72 Å². The van der Waals surface area contributed by atoms with Crippen LogP contribution in [-0.4, -0.2) is 18.4 Å². The Balaban J connectivity index is 2.37. The molecule has 0 amide bonds. The number of hydrogen-bond acceptors (Lipinski definition) is 4. The number of nitrogens with one attached hydrogen (secondary N) is 1. The zero-order valence-electron chi connectivity index (χ0n) is 8.84. The number of halogens is 2. The first kappa shape index (κ1) is 12.9. The van der Waals surface area contributed by atoms with Crippen LogP contribution in [0.4, 0.5) is 10.1 Å². The van der Waals surface area contributed by atoms with Crippen LogP contribution in [0.5, 0.6) is 0 Å². The molecule has 1 N–H and O–H groups in total. The van der Waals surface area contributed by atoms with E-state index in [4.69, 9.17) is 0 Å². The van der Waals surface area contributed by atoms with Crippen LogP contribution < -0.4 is 4.72 Å². The van der Waals surface area contributed by atoms with E-state index in [2.05, 4.69) is 30.6 Å². The normalized spacial score (nSPS) is 11.2. The van der Waals surface area contributed by atoms with E-state index in [9.17, 15) is 12.8 Å². The molecular formula is C10H7BrFN3O2S. The van der Waals surface area contributed by atoms with Crippen LogP contribution in [0.2, 0.25) is 0 Å². The average Bonchev–Trinajstić information content (AvgIpc) is 2.29. The van der Waals surface area contributed by atoms with Crippen LogP contribution >= 0.6 is 15.9 Å². The maximum absolute atomic E-state index is 13.6. The third kappa shape index (κ3) is 2.82. The van der Waals surface area contributed by atoms with Gasteiger partial charge in [0, 0.05) is 4.47 Å². The Labute approximate surface area is 111 Å². The van der Waals surface area contributed by atoms with Crippen molar-refractivity contribution in [1.29, 1.82) is 0 Å². The van der Waals surface area contributed by atoms with Gasteiger partial charge in [0.15, 0.2) is 0 Å². The molecule has 2 aromatic rings. The summed E-state index contributed by atoms with van der Waals surface area (Å²) in [4.78, 5) is 6.88. The van der Waals surface area contributed by atoms with Crippen LogP contribution in [0.25, 0.3) is 0 Å². The summed E-state index contributed by atoms with van der Waals surface area (Å²) in [6, 6.07) is 3.70. The predicted molar refractivity (Wildman–Crippen MR) is 66.9 cm³/mol. The lowest BCUT2D eigenvalue weighted by atomic mass is 10.3. The van der Waals surface area contributed by atoms with Crippen LogP contribution in [-0.2, 0) is 10.0 Å². The van der Waals surface area contributed by atoms with Crippen LogP contribution in [0, 0.1) is 5.82 Å². The number of sulfonamides is 1. The van der Waals surface area contributed by atoms with Crippen LogP contribution in [0.15, 0.2) is 46.3 Å². The number of anilines is 1. The van der Waals surface area contributed by atoms with Gasteiger partial charge in [0.1, 0.15) is 17.0 Å². The quantitative estimate of drug-likeness (QED) is 0.935. The summed E-state index contributed by atoms with van der Waals surface area (Å²) in [7, 11) is -3.99. The Bertz CT molecular complexity index is 664. The van der Waals surface area contributed by atoms with Gasteiger partial charge in [0.05, 0.1) is 18.1 Å². The smallest absolute Gasteiger partial charge is 0.264 e. The summed E-state index contributed by atoms with van der Waals surface area (Å²) in [5.41, 5.74) is 0.166. The molecule has 0 saturated carbocycles. The number of rotatable bonds is 3. The van der Waals surface area contributed by atoms with E-state index >= 15 is 0 Å². The molecule has 0 aliphatic heterocycles. The summed E-state index contributed by atoms with van der Waals surface area (Å²) in [5.74, 6) is -0.839. The first-order chi connectivity index (χ1) is 8.49. The fourth-order valence-corrected chi connectivity index (χ4v) is 2.68. The van der Waals surface area contributed by atoms with E-state index in [-0.39, 0.29) is 5.69 Å². The van der Waals surface area contributed by atoms with Gasteiger partial charge in [0.25, 0.3) is 10.0 Å². The maximum atomic E-state index is 13.6. The van der Waals surface area contributed by atoms with Gasteiger partial charge >= 0.3 is 0 Å². The predicted octanol–water partition coefficient (Wildman–Crippen LogP) is 2.18. The first-order valence-corrected chi connectivity index (χ1v) is 6.99. The standard InChI is InChI=1S/C10H7BrFN3O2S/c11-7-1-2-10(9(12)3-7)18(16,17)15-8-4-13-6-14-5-8/h1-6,15H. The van der Waals surface area contributed by atoms with Crippen molar-refractivity contribution in [3.63, 3.8) is 0 Å². The molecule has 0 bridgehead atoms. The second-order valence-corrected chi connectivity index (χ2v) is 5.87. The molecule has 0 radical (unpaired) electrons. The van der Waals surface area contributed by atoms with Crippen molar-refractivity contribution in [2.45, 2.75) is 4.90 Å². The molecule has 0 aliphatic carbocycles. The topological polar surface area (TPSA) is 72.0 Å². The van der Waals surface area contributed by atoms with Gasteiger partial charge in [-0.15, -0.1) is 0 Å². The molecule has 94 valence electrons. The van der Waals surface area contributed by atoms with Crippen molar-refractivity contribution in [1.82, 2.24) is 9.97 Å². The highest BCUT2D eigenvalue weighted by atomic mass is 79.9. The van der Waals surface area contributed by atoms with Crippen molar-refractivity contribution in [3.05, 3.63) is 47.2 Å². The number of aromatic nitrogens is 2. The molecule has 0 atom stereocenters. The van der Waals surface area contributed by atoms with Crippen molar-refractivity contribution in [3.8, 4) is 0 Å². The molecule has 18 heavy (non-hydrogen) atoms. The van der Waals surface area contributed by atoms with E-state index < -0.39 is 20.7 Å². The molecule has 0 fully saturated rings. The summed E-state index contributed by atoms with van der Waals surface area (Å²) < 4.78 is 40.0. The average molecular weight is 332 g/mol. The molecule has 0 aliphatic rings. The van der Waals surface area contributed by atoms with E-state index in [0.29, 0.717) is 4.47 Å². The minimum absolute atomic E-state index is 0.166. The number of hydrogen-bond donors (Lipinski definition) is 1. The first-order valence-electron chi connectivity index (χ1n) is 4.72. The molecule has 1 aromatic carbocycles. The Morgan fingerprint density at radius 1 is 1.22 bits per heavy atom. The summed E-state index contributed by atoms with van der Waals surface area (Å²) in [6.45, 7) is 0. The van der Waals surface area contributed by atoms with Gasteiger partial charge in [-0.05, 0) is 18.2 Å². The van der Waals surface area contributed by atoms with Crippen molar-refractivity contribution in [2.24, 2.45) is 0 Å². The van der Waals surface area contributed by atoms with E-state index in [1.165, 1.54) is 30.9 Å². The highest BCUT2D eigenvalue weighted by Crippen LogP contribution is 2.21. The Kier molecular flexibility index (Phi) is 3.58. The van der Waals surface area contributed by atoms with Gasteiger partial charge in [0.2, 0.25) is 0 Å². The van der Waals surface area contributed by atoms with E-state index in [1.807, 2.05) is 0 Å². The molecule has 0 saturated heterocycles. The Morgan fingerprint density at radius 2 is 1.89 bits per heavy atom. The Hall–Kier alpha value is -1.54. The lowest BCUT2D eigenvalue weighted by Gasteiger charge is -2.08. The van der Waals surface area contributed by atoms with Gasteiger partial charge in [-0.25, -0.2) is 22.8 Å². The molecule has 2 rings (SSSR count). The largest absolute Gasteiger partial charge is 0.276 e. The summed E-state index contributed by atoms with van der Waals surface area (Å²) >= 11 is 3.05.